The fraction of sp³-hybridized carbons (Fsp3) is 0.594. The lowest BCUT2D eigenvalue weighted by Crippen LogP contribution is -2.51. The first-order valence-electron chi connectivity index (χ1n) is 14.8. The molecule has 2 aliphatic heterocycles. The van der Waals surface area contributed by atoms with E-state index in [9.17, 15) is 15.0 Å². The summed E-state index contributed by atoms with van der Waals surface area (Å²) in [6.07, 6.45) is 6.85. The molecule has 4 aliphatic rings. The molecule has 2 fully saturated rings. The van der Waals surface area contributed by atoms with Crippen molar-refractivity contribution < 1.29 is 29.2 Å². The highest BCUT2D eigenvalue weighted by Crippen LogP contribution is 2.47. The lowest BCUT2D eigenvalue weighted by Gasteiger charge is -2.47. The summed E-state index contributed by atoms with van der Waals surface area (Å²) in [7, 11) is 0. The van der Waals surface area contributed by atoms with E-state index in [1.165, 1.54) is 11.1 Å². The van der Waals surface area contributed by atoms with E-state index in [0.717, 1.165) is 74.5 Å². The van der Waals surface area contributed by atoms with Crippen molar-refractivity contribution in [2.45, 2.75) is 75.6 Å². The second-order valence-electron chi connectivity index (χ2n) is 12.3. The average Bonchev–Trinajstić information content (AvgIpc) is 3.07. The normalized spacial score (nSPS) is 30.4. The first-order valence-corrected chi connectivity index (χ1v) is 15.1. The van der Waals surface area contributed by atoms with Gasteiger partial charge in [-0.25, -0.2) is 4.79 Å². The number of anilines is 1. The summed E-state index contributed by atoms with van der Waals surface area (Å²) in [5, 5.41) is 20.2. The van der Waals surface area contributed by atoms with E-state index < -0.39 is 12.1 Å². The number of aryl methyl sites for hydroxylation is 1. The van der Waals surface area contributed by atoms with Crippen LogP contribution in [0.1, 0.15) is 66.9 Å². The van der Waals surface area contributed by atoms with E-state index in [1.807, 2.05) is 12.1 Å². The minimum absolute atomic E-state index is 0.119. The largest absolute Gasteiger partial charge is 0.490 e. The van der Waals surface area contributed by atoms with Crippen LogP contribution in [-0.2, 0) is 21.3 Å². The topological polar surface area (TPSA) is 88.5 Å². The molecule has 0 bridgehead atoms. The third-order valence-corrected chi connectivity index (χ3v) is 9.77. The van der Waals surface area contributed by atoms with E-state index in [-0.39, 0.29) is 23.2 Å². The SMILES string of the molecule is CC(O)CO[C@H]1CCO[C@@H]([C@@H]2CC[C@H]2CN2CC3(CCCc4cc(Cl)ccc43)COc3ccc(C(=O)O)cc32)C1. The van der Waals surface area contributed by atoms with Crippen LogP contribution in [0, 0.1) is 11.8 Å². The van der Waals surface area contributed by atoms with Gasteiger partial charge in [0, 0.05) is 36.6 Å². The lowest BCUT2D eigenvalue weighted by atomic mass is 9.67. The van der Waals surface area contributed by atoms with Gasteiger partial charge >= 0.3 is 5.97 Å². The molecule has 216 valence electrons. The third kappa shape index (κ3) is 5.58. The standard InChI is InChI=1S/C32H40ClNO6/c1-20(35)17-39-25-10-12-38-30(15-25)26-7-4-23(26)16-34-18-32(11-2-3-21-13-24(33)6-8-27(21)32)19-40-29-9-5-22(31(36)37)14-28(29)34/h5-6,8-9,13-14,20,23,25-26,30,35H,2-4,7,10-12,15-19H2,1H3,(H,36,37)/t20?,23-,25-,26+,30+,32?/m0/s1. The summed E-state index contributed by atoms with van der Waals surface area (Å²) < 4.78 is 18.7. The number of carbonyl (C=O) groups is 1. The van der Waals surface area contributed by atoms with Crippen molar-refractivity contribution in [2.75, 3.05) is 37.8 Å². The number of hydrogen-bond acceptors (Lipinski definition) is 6. The maximum atomic E-state index is 11.9. The maximum Gasteiger partial charge on any atom is 0.335 e. The van der Waals surface area contributed by atoms with Crippen molar-refractivity contribution in [1.82, 2.24) is 0 Å². The molecule has 8 heteroatoms. The van der Waals surface area contributed by atoms with Crippen molar-refractivity contribution in [1.29, 1.82) is 0 Å². The molecule has 7 nitrogen and oxygen atoms in total. The number of halogens is 1. The van der Waals surface area contributed by atoms with Crippen LogP contribution in [0.5, 0.6) is 5.75 Å². The fourth-order valence-electron chi connectivity index (χ4n) is 7.36. The molecule has 2 aromatic rings. The van der Waals surface area contributed by atoms with Crippen LogP contribution in [-0.4, -0.2) is 67.4 Å². The summed E-state index contributed by atoms with van der Waals surface area (Å²) in [6, 6.07) is 11.5. The lowest BCUT2D eigenvalue weighted by molar-refractivity contribution is -0.124. The Labute approximate surface area is 241 Å². The number of hydrogen-bond donors (Lipinski definition) is 2. The Morgan fingerprint density at radius 2 is 2.10 bits per heavy atom. The molecule has 2 unspecified atom stereocenters. The molecule has 0 amide bonds. The van der Waals surface area contributed by atoms with Crippen LogP contribution in [0.25, 0.3) is 0 Å². The predicted octanol–water partition coefficient (Wildman–Crippen LogP) is 5.48. The van der Waals surface area contributed by atoms with Gasteiger partial charge in [-0.05, 0) is 98.7 Å². The summed E-state index contributed by atoms with van der Waals surface area (Å²) >= 11 is 6.38. The number of aromatic carboxylic acids is 1. The van der Waals surface area contributed by atoms with Crippen molar-refractivity contribution in [3.63, 3.8) is 0 Å². The molecule has 2 aromatic carbocycles. The smallest absolute Gasteiger partial charge is 0.335 e. The number of ether oxygens (including phenoxy) is 3. The monoisotopic (exact) mass is 569 g/mol. The van der Waals surface area contributed by atoms with Crippen LogP contribution in [0.3, 0.4) is 0 Å². The van der Waals surface area contributed by atoms with E-state index in [1.54, 1.807) is 19.1 Å². The number of rotatable bonds is 7. The zero-order valence-corrected chi connectivity index (χ0v) is 23.9. The van der Waals surface area contributed by atoms with Gasteiger partial charge in [0.15, 0.2) is 0 Å². The number of aliphatic hydroxyl groups is 1. The number of aliphatic hydroxyl groups excluding tert-OH is 1. The number of carboxylic acids is 1. The number of fused-ring (bicyclic) bond motifs is 3. The molecule has 6 rings (SSSR count). The Hall–Kier alpha value is -2.32. The fourth-order valence-corrected chi connectivity index (χ4v) is 7.56. The van der Waals surface area contributed by atoms with Crippen LogP contribution in [0.4, 0.5) is 5.69 Å². The zero-order chi connectivity index (χ0) is 27.9. The van der Waals surface area contributed by atoms with Gasteiger partial charge in [0.1, 0.15) is 5.75 Å². The van der Waals surface area contributed by atoms with Gasteiger partial charge in [-0.15, -0.1) is 0 Å². The van der Waals surface area contributed by atoms with Gasteiger partial charge in [0.25, 0.3) is 0 Å². The molecular weight excluding hydrogens is 530 g/mol. The molecule has 6 atom stereocenters. The minimum Gasteiger partial charge on any atom is -0.490 e. The molecule has 1 spiro atoms. The predicted molar refractivity (Wildman–Crippen MR) is 154 cm³/mol. The maximum absolute atomic E-state index is 11.9. The second kappa shape index (κ2) is 11.5. The van der Waals surface area contributed by atoms with E-state index in [0.29, 0.717) is 31.7 Å². The highest BCUT2D eigenvalue weighted by molar-refractivity contribution is 6.30. The Balaban J connectivity index is 1.27. The molecular formula is C32H40ClNO6. The average molecular weight is 570 g/mol. The molecule has 1 saturated heterocycles. The molecule has 0 radical (unpaired) electrons. The van der Waals surface area contributed by atoms with Crippen LogP contribution in [0.2, 0.25) is 5.02 Å². The Bertz CT molecular complexity index is 1240. The van der Waals surface area contributed by atoms with Crippen LogP contribution >= 0.6 is 11.6 Å². The summed E-state index contributed by atoms with van der Waals surface area (Å²) in [6.45, 7) is 4.95. The van der Waals surface area contributed by atoms with E-state index in [2.05, 4.69) is 17.0 Å². The van der Waals surface area contributed by atoms with Crippen LogP contribution in [0.15, 0.2) is 36.4 Å². The summed E-state index contributed by atoms with van der Waals surface area (Å²) in [5.41, 5.74) is 3.54. The summed E-state index contributed by atoms with van der Waals surface area (Å²) in [4.78, 5) is 14.3. The van der Waals surface area contributed by atoms with Crippen molar-refractivity contribution in [3.8, 4) is 5.75 Å². The van der Waals surface area contributed by atoms with Gasteiger partial charge < -0.3 is 29.3 Å². The molecule has 40 heavy (non-hydrogen) atoms. The van der Waals surface area contributed by atoms with Crippen molar-refractivity contribution in [3.05, 3.63) is 58.1 Å². The highest BCUT2D eigenvalue weighted by Gasteiger charge is 2.45. The second-order valence-corrected chi connectivity index (χ2v) is 12.8. The van der Waals surface area contributed by atoms with Gasteiger partial charge in [-0.2, -0.15) is 0 Å². The van der Waals surface area contributed by atoms with Gasteiger partial charge in [-0.1, -0.05) is 17.7 Å². The van der Waals surface area contributed by atoms with Gasteiger partial charge in [0.2, 0.25) is 0 Å². The summed E-state index contributed by atoms with van der Waals surface area (Å²) in [5.74, 6) is 0.686. The molecule has 2 heterocycles. The van der Waals surface area contributed by atoms with Crippen molar-refractivity contribution in [2.24, 2.45) is 11.8 Å². The van der Waals surface area contributed by atoms with Gasteiger partial charge in [0.05, 0.1) is 42.8 Å². The number of carboxylic acid groups (broad SMARTS) is 1. The first kappa shape index (κ1) is 27.8. The first-order chi connectivity index (χ1) is 19.3. The van der Waals surface area contributed by atoms with Gasteiger partial charge in [-0.3, -0.25) is 0 Å². The Kier molecular flexibility index (Phi) is 8.01. The Morgan fingerprint density at radius 3 is 2.88 bits per heavy atom. The molecule has 0 aromatic heterocycles. The number of nitrogens with zero attached hydrogens (tertiary/aromatic N) is 1. The third-order valence-electron chi connectivity index (χ3n) is 9.53. The van der Waals surface area contributed by atoms with E-state index in [4.69, 9.17) is 25.8 Å². The molecule has 2 N–H and O–H groups in total. The highest BCUT2D eigenvalue weighted by atomic mass is 35.5. The Morgan fingerprint density at radius 1 is 1.23 bits per heavy atom. The van der Waals surface area contributed by atoms with Crippen LogP contribution < -0.4 is 9.64 Å². The minimum atomic E-state index is -0.931. The van der Waals surface area contributed by atoms with Crippen molar-refractivity contribution >= 4 is 23.3 Å². The number of benzene rings is 2. The zero-order valence-electron chi connectivity index (χ0n) is 23.2. The molecule has 1 saturated carbocycles. The molecule has 2 aliphatic carbocycles. The quantitative estimate of drug-likeness (QED) is 0.456. The van der Waals surface area contributed by atoms with E-state index >= 15 is 0 Å².